The molecule has 1 heterocycles. The molecule has 0 aromatic heterocycles. The maximum absolute atomic E-state index is 5.43. The van der Waals surface area contributed by atoms with E-state index in [1.54, 1.807) is 14.2 Å². The number of rotatable bonds is 8. The van der Waals surface area contributed by atoms with Gasteiger partial charge in [0.05, 0.1) is 34.0 Å². The van der Waals surface area contributed by atoms with E-state index >= 15 is 0 Å². The normalized spacial score (nSPS) is 14.7. The molecule has 0 aliphatic carbocycles. The Morgan fingerprint density at radius 1 is 1.24 bits per heavy atom. The second-order valence-electron chi connectivity index (χ2n) is 5.74. The number of ether oxygens (including phenoxy) is 3. The number of aliphatic imine (C=N–C) groups is 1. The fourth-order valence-corrected chi connectivity index (χ4v) is 2.62. The summed E-state index contributed by atoms with van der Waals surface area (Å²) in [5.74, 6) is 2.37. The van der Waals surface area contributed by atoms with Crippen LogP contribution in [0.1, 0.15) is 25.3 Å². The predicted molar refractivity (Wildman–Crippen MR) is 101 cm³/mol. The molecule has 138 valence electrons. The third-order valence-corrected chi connectivity index (χ3v) is 4.04. The molecule has 25 heavy (non-hydrogen) atoms. The largest absolute Gasteiger partial charge is 0.497 e. The van der Waals surface area contributed by atoms with E-state index in [1.807, 2.05) is 18.2 Å². The van der Waals surface area contributed by atoms with Crippen molar-refractivity contribution in [3.63, 3.8) is 0 Å². The molecule has 0 spiro atoms. The van der Waals surface area contributed by atoms with Crippen LogP contribution in [0, 0.1) is 0 Å². The minimum atomic E-state index is 0.541. The fraction of sp³-hybridized carbons (Fsp3) is 0.526. The van der Waals surface area contributed by atoms with Crippen LogP contribution in [0.5, 0.6) is 11.5 Å². The van der Waals surface area contributed by atoms with Crippen molar-refractivity contribution in [3.05, 3.63) is 35.4 Å². The second-order valence-corrected chi connectivity index (χ2v) is 5.74. The van der Waals surface area contributed by atoms with Gasteiger partial charge < -0.3 is 24.8 Å². The zero-order valence-electron chi connectivity index (χ0n) is 15.4. The van der Waals surface area contributed by atoms with Crippen molar-refractivity contribution < 1.29 is 14.2 Å². The highest BCUT2D eigenvalue weighted by Crippen LogP contribution is 2.25. The van der Waals surface area contributed by atoms with E-state index < -0.39 is 0 Å². The van der Waals surface area contributed by atoms with E-state index in [0.29, 0.717) is 6.54 Å². The molecule has 1 aliphatic rings. The Bertz CT molecular complexity index is 600. The number of nitrogens with one attached hydrogen (secondary N) is 2. The van der Waals surface area contributed by atoms with Gasteiger partial charge in [0.2, 0.25) is 0 Å². The number of hydrogen-bond donors (Lipinski definition) is 2. The zero-order chi connectivity index (χ0) is 17.9. The second kappa shape index (κ2) is 10.6. The standard InChI is InChI=1S/C19H29N3O3/c1-4-20-19(21-10-7-15-8-11-25-12-9-15)22-14-16-5-6-17(23-2)13-18(16)24-3/h5-6,8,13H,4,7,9-12,14H2,1-3H3,(H2,20,21,22). The first-order valence-electron chi connectivity index (χ1n) is 8.75. The maximum Gasteiger partial charge on any atom is 0.191 e. The lowest BCUT2D eigenvalue weighted by Crippen LogP contribution is -2.38. The fourth-order valence-electron chi connectivity index (χ4n) is 2.62. The molecule has 1 aromatic carbocycles. The van der Waals surface area contributed by atoms with E-state index in [2.05, 4.69) is 28.6 Å². The summed E-state index contributed by atoms with van der Waals surface area (Å²) in [5.41, 5.74) is 2.47. The summed E-state index contributed by atoms with van der Waals surface area (Å²) in [6.07, 6.45) is 4.22. The summed E-state index contributed by atoms with van der Waals surface area (Å²) < 4.78 is 16.0. The quantitative estimate of drug-likeness (QED) is 0.430. The first-order chi connectivity index (χ1) is 12.3. The van der Waals surface area contributed by atoms with Crippen molar-refractivity contribution in [2.45, 2.75) is 26.3 Å². The molecule has 0 saturated heterocycles. The Morgan fingerprint density at radius 3 is 2.80 bits per heavy atom. The smallest absolute Gasteiger partial charge is 0.191 e. The van der Waals surface area contributed by atoms with Gasteiger partial charge in [0.15, 0.2) is 5.96 Å². The van der Waals surface area contributed by atoms with Gasteiger partial charge in [-0.25, -0.2) is 4.99 Å². The molecule has 6 nitrogen and oxygen atoms in total. The number of nitrogens with zero attached hydrogens (tertiary/aromatic N) is 1. The van der Waals surface area contributed by atoms with Crippen LogP contribution in [-0.2, 0) is 11.3 Å². The van der Waals surface area contributed by atoms with Gasteiger partial charge in [-0.3, -0.25) is 0 Å². The van der Waals surface area contributed by atoms with Crippen molar-refractivity contribution in [1.82, 2.24) is 10.6 Å². The number of hydrogen-bond acceptors (Lipinski definition) is 4. The van der Waals surface area contributed by atoms with Crippen LogP contribution in [-0.4, -0.2) is 46.5 Å². The van der Waals surface area contributed by atoms with Crippen molar-refractivity contribution >= 4 is 5.96 Å². The maximum atomic E-state index is 5.43. The minimum absolute atomic E-state index is 0.541. The van der Waals surface area contributed by atoms with Gasteiger partial charge in [0.25, 0.3) is 0 Å². The average Bonchev–Trinajstić information content (AvgIpc) is 2.66. The molecule has 2 N–H and O–H groups in total. The van der Waals surface area contributed by atoms with Crippen molar-refractivity contribution in [1.29, 1.82) is 0 Å². The van der Waals surface area contributed by atoms with Crippen molar-refractivity contribution in [3.8, 4) is 11.5 Å². The van der Waals surface area contributed by atoms with Crippen LogP contribution in [0.25, 0.3) is 0 Å². The van der Waals surface area contributed by atoms with Crippen LogP contribution in [0.15, 0.2) is 34.8 Å². The SMILES string of the molecule is CCNC(=NCc1ccc(OC)cc1OC)NCCC1=CCOCC1. The van der Waals surface area contributed by atoms with Crippen LogP contribution in [0.2, 0.25) is 0 Å². The monoisotopic (exact) mass is 347 g/mol. The van der Waals surface area contributed by atoms with Gasteiger partial charge >= 0.3 is 0 Å². The van der Waals surface area contributed by atoms with Crippen LogP contribution < -0.4 is 20.1 Å². The predicted octanol–water partition coefficient (Wildman–Crippen LogP) is 2.50. The lowest BCUT2D eigenvalue weighted by molar-refractivity contribution is 0.153. The van der Waals surface area contributed by atoms with E-state index in [0.717, 1.165) is 62.2 Å². The van der Waals surface area contributed by atoms with Crippen LogP contribution >= 0.6 is 0 Å². The third-order valence-electron chi connectivity index (χ3n) is 4.04. The Morgan fingerprint density at radius 2 is 2.12 bits per heavy atom. The Balaban J connectivity index is 1.93. The van der Waals surface area contributed by atoms with E-state index in [9.17, 15) is 0 Å². The number of guanidine groups is 1. The number of methoxy groups -OCH3 is 2. The molecule has 0 radical (unpaired) electrons. The van der Waals surface area contributed by atoms with Gasteiger partial charge in [0.1, 0.15) is 11.5 Å². The third kappa shape index (κ3) is 6.31. The zero-order valence-corrected chi connectivity index (χ0v) is 15.4. The summed E-state index contributed by atoms with van der Waals surface area (Å²) in [4.78, 5) is 4.66. The average molecular weight is 347 g/mol. The summed E-state index contributed by atoms with van der Waals surface area (Å²) in [5, 5.41) is 6.67. The lowest BCUT2D eigenvalue weighted by Gasteiger charge is -2.15. The van der Waals surface area contributed by atoms with Gasteiger partial charge in [0, 0.05) is 24.7 Å². The molecule has 0 atom stereocenters. The van der Waals surface area contributed by atoms with E-state index in [1.165, 1.54) is 5.57 Å². The van der Waals surface area contributed by atoms with Crippen molar-refractivity contribution in [2.24, 2.45) is 4.99 Å². The number of benzene rings is 1. The summed E-state index contributed by atoms with van der Waals surface area (Å²) >= 11 is 0. The summed E-state index contributed by atoms with van der Waals surface area (Å²) in [7, 11) is 3.31. The van der Waals surface area contributed by atoms with Gasteiger partial charge in [-0.2, -0.15) is 0 Å². The molecular formula is C19H29N3O3. The highest BCUT2D eigenvalue weighted by atomic mass is 16.5. The summed E-state index contributed by atoms with van der Waals surface area (Å²) in [6, 6.07) is 5.78. The molecule has 0 amide bonds. The van der Waals surface area contributed by atoms with Crippen LogP contribution in [0.4, 0.5) is 0 Å². The molecular weight excluding hydrogens is 318 g/mol. The van der Waals surface area contributed by atoms with Gasteiger partial charge in [-0.15, -0.1) is 0 Å². The first-order valence-corrected chi connectivity index (χ1v) is 8.75. The van der Waals surface area contributed by atoms with Crippen LogP contribution in [0.3, 0.4) is 0 Å². The minimum Gasteiger partial charge on any atom is -0.497 e. The molecule has 1 aliphatic heterocycles. The summed E-state index contributed by atoms with van der Waals surface area (Å²) in [6.45, 7) is 5.85. The molecule has 1 aromatic rings. The molecule has 0 bridgehead atoms. The Kier molecular flexibility index (Phi) is 8.12. The first kappa shape index (κ1) is 19.1. The highest BCUT2D eigenvalue weighted by Gasteiger charge is 2.06. The Labute approximate surface area is 150 Å². The molecule has 2 rings (SSSR count). The molecule has 0 fully saturated rings. The van der Waals surface area contributed by atoms with E-state index in [-0.39, 0.29) is 0 Å². The van der Waals surface area contributed by atoms with Gasteiger partial charge in [-0.1, -0.05) is 11.6 Å². The lowest BCUT2D eigenvalue weighted by atomic mass is 10.1. The Hall–Kier alpha value is -2.21. The van der Waals surface area contributed by atoms with Crippen molar-refractivity contribution in [2.75, 3.05) is 40.5 Å². The molecule has 0 unspecified atom stereocenters. The molecule has 0 saturated carbocycles. The highest BCUT2D eigenvalue weighted by molar-refractivity contribution is 5.79. The van der Waals surface area contributed by atoms with Gasteiger partial charge in [-0.05, 0) is 31.9 Å². The molecule has 6 heteroatoms. The van der Waals surface area contributed by atoms with E-state index in [4.69, 9.17) is 14.2 Å². The topological polar surface area (TPSA) is 64.1 Å².